The lowest BCUT2D eigenvalue weighted by Crippen LogP contribution is -2.30. The topological polar surface area (TPSA) is 0 Å². The molecule has 0 saturated heterocycles. The summed E-state index contributed by atoms with van der Waals surface area (Å²) < 4.78 is 14.7. The summed E-state index contributed by atoms with van der Waals surface area (Å²) in [5.41, 5.74) is 4.21. The van der Waals surface area contributed by atoms with E-state index in [1.54, 1.807) is 6.07 Å². The largest absolute Gasteiger partial charge is 0.206 e. The lowest BCUT2D eigenvalue weighted by Gasteiger charge is -2.41. The fourth-order valence-electron chi connectivity index (χ4n) is 5.97. The van der Waals surface area contributed by atoms with E-state index in [4.69, 9.17) is 0 Å². The number of allylic oxidation sites excluding steroid dienone is 4. The standard InChI is InChI=1S/C30H37F/c1-3-5-6-8-23-10-18-29(30(31)20-23)25-14-12-24(13-15-25)27-17-16-26-19-22(7-4-2)9-11-28(26)21-27/h3-5,7,10,12-15,18,20,22,26-28H,6,8-9,11,16-17,19,21H2,1-2H3/b5-3+,7-4+. The molecule has 2 aromatic carbocycles. The van der Waals surface area contributed by atoms with Crippen molar-refractivity contribution in [2.24, 2.45) is 17.8 Å². The minimum Gasteiger partial charge on any atom is -0.206 e. The highest BCUT2D eigenvalue weighted by Crippen LogP contribution is 2.48. The molecule has 2 fully saturated rings. The third kappa shape index (κ3) is 5.37. The molecule has 2 saturated carbocycles. The van der Waals surface area contributed by atoms with Crippen molar-refractivity contribution in [3.05, 3.63) is 83.7 Å². The Morgan fingerprint density at radius 3 is 2.39 bits per heavy atom. The van der Waals surface area contributed by atoms with Gasteiger partial charge in [0.2, 0.25) is 0 Å². The van der Waals surface area contributed by atoms with Crippen molar-refractivity contribution < 1.29 is 4.39 Å². The molecule has 0 spiro atoms. The summed E-state index contributed by atoms with van der Waals surface area (Å²) in [5.74, 6) is 3.20. The van der Waals surface area contributed by atoms with Gasteiger partial charge in [0.15, 0.2) is 0 Å². The number of hydrogen-bond donors (Lipinski definition) is 0. The number of fused-ring (bicyclic) bond motifs is 1. The van der Waals surface area contributed by atoms with Gasteiger partial charge >= 0.3 is 0 Å². The van der Waals surface area contributed by atoms with E-state index in [-0.39, 0.29) is 5.82 Å². The Bertz CT molecular complexity index is 905. The molecule has 0 N–H and O–H groups in total. The Morgan fingerprint density at radius 2 is 1.65 bits per heavy atom. The number of aryl methyl sites for hydroxylation is 1. The molecule has 0 nitrogen and oxygen atoms in total. The van der Waals surface area contributed by atoms with Crippen LogP contribution in [-0.4, -0.2) is 0 Å². The van der Waals surface area contributed by atoms with Gasteiger partial charge in [-0.2, -0.15) is 0 Å². The second kappa shape index (κ2) is 10.4. The molecule has 2 aromatic rings. The van der Waals surface area contributed by atoms with Gasteiger partial charge in [-0.05, 0) is 112 Å². The molecule has 0 aliphatic heterocycles. The van der Waals surface area contributed by atoms with Crippen molar-refractivity contribution in [1.82, 2.24) is 0 Å². The SMILES string of the molecule is C/C=C/CCc1ccc(-c2ccc(C3CCC4CC(/C=C/C)CCC4C3)cc2)c(F)c1. The third-order valence-corrected chi connectivity index (χ3v) is 7.68. The molecular weight excluding hydrogens is 379 g/mol. The fraction of sp³-hybridized carbons (Fsp3) is 0.467. The van der Waals surface area contributed by atoms with Crippen LogP contribution in [0.1, 0.15) is 75.8 Å². The van der Waals surface area contributed by atoms with E-state index in [1.165, 1.54) is 44.1 Å². The summed E-state index contributed by atoms with van der Waals surface area (Å²) in [6.45, 7) is 4.17. The second-order valence-electron chi connectivity index (χ2n) is 9.67. The van der Waals surface area contributed by atoms with E-state index in [0.717, 1.165) is 41.7 Å². The zero-order valence-corrected chi connectivity index (χ0v) is 19.2. The average Bonchev–Trinajstić information content (AvgIpc) is 2.79. The van der Waals surface area contributed by atoms with Crippen LogP contribution in [0.5, 0.6) is 0 Å². The van der Waals surface area contributed by atoms with Gasteiger partial charge in [-0.1, -0.05) is 60.7 Å². The van der Waals surface area contributed by atoms with Crippen LogP contribution >= 0.6 is 0 Å². The Kier molecular flexibility index (Phi) is 7.43. The van der Waals surface area contributed by atoms with Crippen molar-refractivity contribution >= 4 is 0 Å². The predicted octanol–water partition coefficient (Wildman–Crippen LogP) is 8.88. The zero-order valence-electron chi connectivity index (χ0n) is 19.2. The predicted molar refractivity (Wildman–Crippen MR) is 131 cm³/mol. The van der Waals surface area contributed by atoms with Gasteiger partial charge in [-0.25, -0.2) is 4.39 Å². The Morgan fingerprint density at radius 1 is 0.871 bits per heavy atom. The minimum absolute atomic E-state index is 0.107. The van der Waals surface area contributed by atoms with Crippen molar-refractivity contribution in [2.75, 3.05) is 0 Å². The highest BCUT2D eigenvalue weighted by Gasteiger charge is 2.35. The van der Waals surface area contributed by atoms with Gasteiger partial charge in [0, 0.05) is 5.56 Å². The van der Waals surface area contributed by atoms with E-state index in [1.807, 2.05) is 19.1 Å². The molecule has 1 heteroatoms. The molecule has 2 aliphatic rings. The average molecular weight is 417 g/mol. The molecule has 164 valence electrons. The summed E-state index contributed by atoms with van der Waals surface area (Å²) in [7, 11) is 0. The van der Waals surface area contributed by atoms with Crippen molar-refractivity contribution in [3.8, 4) is 11.1 Å². The molecule has 0 aromatic heterocycles. The highest BCUT2D eigenvalue weighted by atomic mass is 19.1. The maximum Gasteiger partial charge on any atom is 0.131 e. The van der Waals surface area contributed by atoms with Crippen LogP contribution < -0.4 is 0 Å². The van der Waals surface area contributed by atoms with E-state index in [9.17, 15) is 4.39 Å². The molecule has 0 heterocycles. The second-order valence-corrected chi connectivity index (χ2v) is 9.67. The fourth-order valence-corrected chi connectivity index (χ4v) is 5.97. The number of rotatable bonds is 6. The molecule has 0 bridgehead atoms. The van der Waals surface area contributed by atoms with Crippen LogP contribution in [0.2, 0.25) is 0 Å². The first kappa shape index (κ1) is 22.1. The molecule has 31 heavy (non-hydrogen) atoms. The third-order valence-electron chi connectivity index (χ3n) is 7.68. The van der Waals surface area contributed by atoms with E-state index in [2.05, 4.69) is 55.5 Å². The first-order chi connectivity index (χ1) is 15.2. The first-order valence-corrected chi connectivity index (χ1v) is 12.3. The Balaban J connectivity index is 1.40. The van der Waals surface area contributed by atoms with Gasteiger partial charge in [-0.3, -0.25) is 0 Å². The van der Waals surface area contributed by atoms with E-state index >= 15 is 0 Å². The number of hydrogen-bond acceptors (Lipinski definition) is 0. The highest BCUT2D eigenvalue weighted by molar-refractivity contribution is 5.65. The molecule has 0 radical (unpaired) electrons. The van der Waals surface area contributed by atoms with Gasteiger partial charge in [-0.15, -0.1) is 0 Å². The summed E-state index contributed by atoms with van der Waals surface area (Å²) in [6, 6.07) is 14.5. The van der Waals surface area contributed by atoms with Crippen LogP contribution in [0.25, 0.3) is 11.1 Å². The summed E-state index contributed by atoms with van der Waals surface area (Å²) >= 11 is 0. The van der Waals surface area contributed by atoms with Gasteiger partial charge in [0.05, 0.1) is 0 Å². The maximum atomic E-state index is 14.7. The Hall–Kier alpha value is -2.15. The summed E-state index contributed by atoms with van der Waals surface area (Å²) in [5, 5.41) is 0. The zero-order chi connectivity index (χ0) is 21.6. The molecular formula is C30H37F. The van der Waals surface area contributed by atoms with Crippen molar-refractivity contribution in [3.63, 3.8) is 0 Å². The minimum atomic E-state index is -0.107. The van der Waals surface area contributed by atoms with Gasteiger partial charge < -0.3 is 0 Å². The van der Waals surface area contributed by atoms with Crippen LogP contribution in [0.4, 0.5) is 4.39 Å². The normalized spacial score (nSPS) is 26.4. The van der Waals surface area contributed by atoms with Crippen molar-refractivity contribution in [1.29, 1.82) is 0 Å². The first-order valence-electron chi connectivity index (χ1n) is 12.3. The van der Waals surface area contributed by atoms with Crippen LogP contribution in [0.3, 0.4) is 0 Å². The van der Waals surface area contributed by atoms with E-state index < -0.39 is 0 Å². The van der Waals surface area contributed by atoms with Crippen LogP contribution in [0, 0.1) is 23.6 Å². The Labute approximate surface area is 188 Å². The quantitative estimate of drug-likeness (QED) is 0.412. The summed E-state index contributed by atoms with van der Waals surface area (Å²) in [6.07, 6.45) is 18.8. The number of benzene rings is 2. The lowest BCUT2D eigenvalue weighted by atomic mass is 9.64. The summed E-state index contributed by atoms with van der Waals surface area (Å²) in [4.78, 5) is 0. The molecule has 0 amide bonds. The van der Waals surface area contributed by atoms with Crippen LogP contribution in [-0.2, 0) is 6.42 Å². The smallest absolute Gasteiger partial charge is 0.131 e. The molecule has 4 unspecified atom stereocenters. The van der Waals surface area contributed by atoms with Crippen molar-refractivity contribution in [2.45, 2.75) is 71.1 Å². The van der Waals surface area contributed by atoms with Crippen LogP contribution in [0.15, 0.2) is 66.8 Å². The molecule has 2 aliphatic carbocycles. The van der Waals surface area contributed by atoms with E-state index in [0.29, 0.717) is 11.5 Å². The molecule has 4 atom stereocenters. The maximum absolute atomic E-state index is 14.7. The number of halogens is 1. The lowest BCUT2D eigenvalue weighted by molar-refractivity contribution is 0.133. The molecule has 4 rings (SSSR count). The van der Waals surface area contributed by atoms with Gasteiger partial charge in [0.1, 0.15) is 5.82 Å². The monoisotopic (exact) mass is 416 g/mol. The van der Waals surface area contributed by atoms with Gasteiger partial charge in [0.25, 0.3) is 0 Å².